The van der Waals surface area contributed by atoms with Gasteiger partial charge in [0.05, 0.1) is 14.7 Å². The van der Waals surface area contributed by atoms with Crippen LogP contribution in [-0.4, -0.2) is 51.4 Å². The number of rotatable bonds is 6. The summed E-state index contributed by atoms with van der Waals surface area (Å²) in [5, 5.41) is 1.39. The van der Waals surface area contributed by atoms with E-state index in [-0.39, 0.29) is 38.1 Å². The first kappa shape index (κ1) is 24.6. The molecule has 0 aliphatic heterocycles. The molecule has 182 valence electrons. The molecule has 0 aromatic heterocycles. The molecule has 4 rings (SSSR count). The summed E-state index contributed by atoms with van der Waals surface area (Å²) in [6.07, 6.45) is 0. The molecule has 0 unspecified atom stereocenters. The number of carbonyl (C=O) groups is 1. The summed E-state index contributed by atoms with van der Waals surface area (Å²) >= 11 is 0. The van der Waals surface area contributed by atoms with Crippen LogP contribution in [0, 0.1) is 5.53 Å². The summed E-state index contributed by atoms with van der Waals surface area (Å²) in [6.45, 7) is -0.842. The molecule has 0 aliphatic rings. The first-order valence-electron chi connectivity index (χ1n) is 9.04. The van der Waals surface area contributed by atoms with Gasteiger partial charge >= 0.3 is 5.91 Å². The fourth-order valence-electron chi connectivity index (χ4n) is 3.83. The molecule has 0 bridgehead atoms. The summed E-state index contributed by atoms with van der Waals surface area (Å²) in [5.74, 6) is -1.42. The quantitative estimate of drug-likeness (QED) is 0.155. The van der Waals surface area contributed by atoms with Crippen LogP contribution < -0.4 is 9.65 Å². The van der Waals surface area contributed by atoms with E-state index in [1.807, 2.05) is 0 Å². The minimum atomic E-state index is -5.34. The summed E-state index contributed by atoms with van der Waals surface area (Å²) in [4.78, 5) is 11.1. The lowest BCUT2D eigenvalue weighted by molar-refractivity contribution is -0.120. The largest absolute Gasteiger partial charge is 0.744 e. The minimum Gasteiger partial charge on any atom is -0.744 e. The van der Waals surface area contributed by atoms with Gasteiger partial charge in [0, 0.05) is 32.3 Å². The average molecular weight is 539 g/mol. The Balaban J connectivity index is 2.28. The second-order valence-electron chi connectivity index (χ2n) is 7.06. The van der Waals surface area contributed by atoms with Crippen molar-refractivity contribution in [3.8, 4) is 5.75 Å². The van der Waals surface area contributed by atoms with E-state index in [9.17, 15) is 43.7 Å². The number of nitrogens with one attached hydrogen (secondary N) is 1. The maximum absolute atomic E-state index is 12.0. The highest BCUT2D eigenvalue weighted by Gasteiger charge is 2.24. The summed E-state index contributed by atoms with van der Waals surface area (Å²) in [5.41, 5.74) is 6.56. The Hall–Kier alpha value is -3.57. The van der Waals surface area contributed by atoms with Crippen LogP contribution in [0.25, 0.3) is 32.3 Å². The SMILES string of the molecule is N=[N+]=NC(=O)COc1cc(S(=O)(=O)[O-])c2ccc3c(S(=O)(=O)[O-])cc(S(=O)(=O)[O-])c4ccc1c2c43. The molecule has 17 heteroatoms. The second-order valence-corrected chi connectivity index (χ2v) is 11.1. The van der Waals surface area contributed by atoms with Crippen LogP contribution in [0.15, 0.2) is 56.2 Å². The highest BCUT2D eigenvalue weighted by Crippen LogP contribution is 2.45. The van der Waals surface area contributed by atoms with Gasteiger partial charge in [-0.05, 0) is 18.2 Å². The third kappa shape index (κ3) is 4.21. The molecule has 0 aliphatic carbocycles. The van der Waals surface area contributed by atoms with Gasteiger partial charge in [0.1, 0.15) is 41.6 Å². The fourth-order valence-corrected chi connectivity index (χ4v) is 6.00. The molecule has 35 heavy (non-hydrogen) atoms. The normalized spacial score (nSPS) is 12.8. The average Bonchev–Trinajstić information content (AvgIpc) is 2.73. The van der Waals surface area contributed by atoms with E-state index in [0.29, 0.717) is 6.07 Å². The van der Waals surface area contributed by atoms with Crippen molar-refractivity contribution in [3.05, 3.63) is 36.4 Å². The predicted molar refractivity (Wildman–Crippen MR) is 112 cm³/mol. The molecule has 0 saturated heterocycles. The lowest BCUT2D eigenvalue weighted by Gasteiger charge is -2.22. The number of carbonyl (C=O) groups excluding carboxylic acids is 1. The molecule has 4 aromatic carbocycles. The summed E-state index contributed by atoms with van der Waals surface area (Å²) < 4.78 is 113. The third-order valence-electron chi connectivity index (χ3n) is 5.07. The molecule has 1 N–H and O–H groups in total. The number of nitrogens with zero attached hydrogens (tertiary/aromatic N) is 2. The number of amides is 1. The van der Waals surface area contributed by atoms with E-state index >= 15 is 0 Å². The highest BCUT2D eigenvalue weighted by atomic mass is 32.2. The van der Waals surface area contributed by atoms with Crippen LogP contribution >= 0.6 is 0 Å². The van der Waals surface area contributed by atoms with Gasteiger partial charge in [-0.2, -0.15) is 0 Å². The number of hydrogen-bond donors (Lipinski definition) is 1. The maximum atomic E-state index is 12.0. The lowest BCUT2D eigenvalue weighted by atomic mass is 9.93. The van der Waals surface area contributed by atoms with E-state index in [4.69, 9.17) is 10.3 Å². The fraction of sp³-hybridized carbons (Fsp3) is 0.0556. The number of ether oxygens (including phenoxy) is 1. The number of hydrogen-bond acceptors (Lipinski definition) is 12. The van der Waals surface area contributed by atoms with Crippen LogP contribution in [0.1, 0.15) is 0 Å². The third-order valence-corrected chi connectivity index (χ3v) is 7.70. The van der Waals surface area contributed by atoms with Crippen LogP contribution in [0.2, 0.25) is 0 Å². The van der Waals surface area contributed by atoms with Gasteiger partial charge in [-0.1, -0.05) is 18.2 Å². The lowest BCUT2D eigenvalue weighted by Crippen LogP contribution is -2.10. The van der Waals surface area contributed by atoms with Crippen molar-refractivity contribution >= 4 is 68.6 Å². The van der Waals surface area contributed by atoms with Crippen molar-refractivity contribution in [2.45, 2.75) is 14.7 Å². The van der Waals surface area contributed by atoms with Crippen LogP contribution in [-0.2, 0) is 35.1 Å². The van der Waals surface area contributed by atoms with E-state index in [2.05, 4.69) is 10.0 Å². The first-order valence-corrected chi connectivity index (χ1v) is 13.3. The van der Waals surface area contributed by atoms with Gasteiger partial charge in [-0.15, -0.1) is 0 Å². The minimum absolute atomic E-state index is 0.0178. The Morgan fingerprint density at radius 2 is 1.17 bits per heavy atom. The number of benzene rings is 4. The van der Waals surface area contributed by atoms with Gasteiger partial charge < -0.3 is 18.4 Å². The molecule has 0 heterocycles. The van der Waals surface area contributed by atoms with E-state index in [1.54, 1.807) is 0 Å². The van der Waals surface area contributed by atoms with Gasteiger partial charge in [0.15, 0.2) is 11.7 Å². The van der Waals surface area contributed by atoms with Crippen LogP contribution in [0.3, 0.4) is 0 Å². The zero-order chi connectivity index (χ0) is 25.9. The van der Waals surface area contributed by atoms with Crippen LogP contribution in [0.4, 0.5) is 0 Å². The Kier molecular flexibility index (Phi) is 5.61. The van der Waals surface area contributed by atoms with E-state index in [1.165, 1.54) is 6.07 Å². The Bertz CT molecular complexity index is 1890. The molecule has 0 atom stereocenters. The maximum Gasteiger partial charge on any atom is 0.367 e. The van der Waals surface area contributed by atoms with Crippen molar-refractivity contribution < 1.29 is 48.4 Å². The molecule has 1 amide bonds. The Labute approximate surface area is 195 Å². The van der Waals surface area contributed by atoms with E-state index in [0.717, 1.165) is 24.3 Å². The topological polar surface area (TPSA) is 248 Å². The highest BCUT2D eigenvalue weighted by molar-refractivity contribution is 7.87. The van der Waals surface area contributed by atoms with Crippen molar-refractivity contribution in [2.75, 3.05) is 6.61 Å². The van der Waals surface area contributed by atoms with Gasteiger partial charge in [0.25, 0.3) is 0 Å². The smallest absolute Gasteiger partial charge is 0.367 e. The van der Waals surface area contributed by atoms with Crippen molar-refractivity contribution in [3.63, 3.8) is 0 Å². The van der Waals surface area contributed by atoms with Gasteiger partial charge in [0.2, 0.25) is 4.91 Å². The molecule has 0 spiro atoms. The zero-order valence-corrected chi connectivity index (χ0v) is 19.2. The Morgan fingerprint density at radius 3 is 1.60 bits per heavy atom. The summed E-state index contributed by atoms with van der Waals surface area (Å²) in [6, 6.07) is 5.55. The van der Waals surface area contributed by atoms with Crippen LogP contribution in [0.5, 0.6) is 5.75 Å². The standard InChI is InChI=1S/C18H11N3O11S3/c19-21-20-16(22)7-32-12-5-13(33(23,24)25)9-3-4-11-15(35(29,30)31)6-14(34(26,27)28)10-2-1-8(12)17(9)18(10)11/h1-6,19H,7H2,(H2-,23,24,25,26,27,28,29,30,31)/p-2. The van der Waals surface area contributed by atoms with Crippen molar-refractivity contribution in [1.29, 1.82) is 5.53 Å². The second kappa shape index (κ2) is 7.99. The van der Waals surface area contributed by atoms with Crippen molar-refractivity contribution in [2.24, 2.45) is 5.11 Å². The van der Waals surface area contributed by atoms with Gasteiger partial charge in [-0.3, -0.25) is 4.79 Å². The monoisotopic (exact) mass is 539 g/mol. The molecule has 0 radical (unpaired) electrons. The molecule has 14 nitrogen and oxygen atoms in total. The zero-order valence-electron chi connectivity index (χ0n) is 16.8. The molecular formula is C18H9N3O11S3-2. The molecular weight excluding hydrogens is 530 g/mol. The predicted octanol–water partition coefficient (Wildman–Crippen LogP) is 0.752. The molecule has 0 fully saturated rings. The van der Waals surface area contributed by atoms with Crippen molar-refractivity contribution in [1.82, 2.24) is 4.91 Å². The summed E-state index contributed by atoms with van der Waals surface area (Å²) in [7, 11) is -15.9. The Morgan fingerprint density at radius 1 is 0.771 bits per heavy atom. The van der Waals surface area contributed by atoms with Gasteiger partial charge in [-0.25, -0.2) is 25.3 Å². The van der Waals surface area contributed by atoms with E-state index < -0.39 is 57.6 Å². The molecule has 4 aromatic rings. The first-order chi connectivity index (χ1) is 16.1. The molecule has 0 saturated carbocycles.